The molecule has 0 saturated carbocycles. The molecule has 0 heterocycles. The molecule has 98 valence electrons. The Kier molecular flexibility index (Phi) is 8.18. The summed E-state index contributed by atoms with van der Waals surface area (Å²) in [5.41, 5.74) is 1.50. The normalized spacial score (nSPS) is 15.5. The minimum absolute atomic E-state index is 0.115. The van der Waals surface area contributed by atoms with Gasteiger partial charge in [-0.2, -0.15) is 11.8 Å². The Labute approximate surface area is 108 Å². The van der Waals surface area contributed by atoms with Gasteiger partial charge in [0.2, 0.25) is 5.91 Å². The van der Waals surface area contributed by atoms with Crippen LogP contribution in [0.5, 0.6) is 0 Å². The van der Waals surface area contributed by atoms with E-state index in [-0.39, 0.29) is 12.5 Å². The number of nitrogens with one attached hydrogen (secondary N) is 1. The molecule has 0 bridgehead atoms. The molecule has 4 heteroatoms. The fourth-order valence-electron chi connectivity index (χ4n) is 1.88. The standard InChI is InChI=1S/C13H23NO2S/c15-9-4-10-17-11-13(16)14-8-7-12-5-2-1-3-6-12/h5,15H,1-4,6-11H2,(H,14,16). The molecule has 3 nitrogen and oxygen atoms in total. The first-order chi connectivity index (χ1) is 8.33. The fraction of sp³-hybridized carbons (Fsp3) is 0.769. The highest BCUT2D eigenvalue weighted by Crippen LogP contribution is 2.19. The van der Waals surface area contributed by atoms with E-state index in [9.17, 15) is 4.79 Å². The minimum atomic E-state index is 0.115. The molecule has 17 heavy (non-hydrogen) atoms. The topological polar surface area (TPSA) is 49.3 Å². The minimum Gasteiger partial charge on any atom is -0.396 e. The SMILES string of the molecule is O=C(CSCCCO)NCCC1=CCCCC1. The van der Waals surface area contributed by atoms with E-state index in [1.165, 1.54) is 31.3 Å². The van der Waals surface area contributed by atoms with E-state index in [1.807, 2.05) is 0 Å². The van der Waals surface area contributed by atoms with E-state index in [0.29, 0.717) is 5.75 Å². The Hall–Kier alpha value is -0.480. The maximum atomic E-state index is 11.4. The summed E-state index contributed by atoms with van der Waals surface area (Å²) in [6.07, 6.45) is 9.14. The quantitative estimate of drug-likeness (QED) is 0.517. The second-order valence-electron chi connectivity index (χ2n) is 4.34. The number of thioether (sulfide) groups is 1. The van der Waals surface area contributed by atoms with Gasteiger partial charge in [-0.15, -0.1) is 0 Å². The Morgan fingerprint density at radius 1 is 1.47 bits per heavy atom. The number of rotatable bonds is 8. The maximum Gasteiger partial charge on any atom is 0.230 e. The third-order valence-electron chi connectivity index (χ3n) is 2.83. The van der Waals surface area contributed by atoms with Crippen LogP contribution in [0.2, 0.25) is 0 Å². The fourth-order valence-corrected chi connectivity index (χ4v) is 2.64. The highest BCUT2D eigenvalue weighted by Gasteiger charge is 2.05. The van der Waals surface area contributed by atoms with Crippen molar-refractivity contribution in [2.75, 3.05) is 24.7 Å². The lowest BCUT2D eigenvalue weighted by molar-refractivity contribution is -0.118. The van der Waals surface area contributed by atoms with Crippen molar-refractivity contribution < 1.29 is 9.90 Å². The van der Waals surface area contributed by atoms with Crippen molar-refractivity contribution in [3.63, 3.8) is 0 Å². The number of hydrogen-bond acceptors (Lipinski definition) is 3. The summed E-state index contributed by atoms with van der Waals surface area (Å²) >= 11 is 1.59. The summed E-state index contributed by atoms with van der Waals surface area (Å²) in [6.45, 7) is 0.980. The van der Waals surface area contributed by atoms with Crippen LogP contribution in [0.4, 0.5) is 0 Å². The first kappa shape index (κ1) is 14.6. The largest absolute Gasteiger partial charge is 0.396 e. The lowest BCUT2D eigenvalue weighted by Crippen LogP contribution is -2.26. The number of hydrogen-bond donors (Lipinski definition) is 2. The van der Waals surface area contributed by atoms with E-state index >= 15 is 0 Å². The van der Waals surface area contributed by atoms with Gasteiger partial charge in [0, 0.05) is 13.2 Å². The van der Waals surface area contributed by atoms with Gasteiger partial charge in [0.1, 0.15) is 0 Å². The van der Waals surface area contributed by atoms with E-state index in [4.69, 9.17) is 5.11 Å². The van der Waals surface area contributed by atoms with E-state index < -0.39 is 0 Å². The summed E-state index contributed by atoms with van der Waals surface area (Å²) in [6, 6.07) is 0. The number of aliphatic hydroxyl groups excluding tert-OH is 1. The summed E-state index contributed by atoms with van der Waals surface area (Å²) in [5.74, 6) is 1.48. The van der Waals surface area contributed by atoms with Crippen molar-refractivity contribution in [3.8, 4) is 0 Å². The number of aliphatic hydroxyl groups is 1. The number of carbonyl (C=O) groups is 1. The lowest BCUT2D eigenvalue weighted by Gasteiger charge is -2.12. The molecule has 0 unspecified atom stereocenters. The summed E-state index contributed by atoms with van der Waals surface area (Å²) in [5, 5.41) is 11.5. The molecule has 1 amide bonds. The number of allylic oxidation sites excluding steroid dienone is 1. The third kappa shape index (κ3) is 7.45. The Morgan fingerprint density at radius 3 is 3.06 bits per heavy atom. The molecule has 0 aromatic rings. The average molecular weight is 257 g/mol. The molecule has 1 aliphatic carbocycles. The van der Waals surface area contributed by atoms with Gasteiger partial charge in [-0.1, -0.05) is 11.6 Å². The molecule has 0 saturated heterocycles. The molecule has 0 aromatic carbocycles. The second-order valence-corrected chi connectivity index (χ2v) is 5.44. The third-order valence-corrected chi connectivity index (χ3v) is 3.88. The summed E-state index contributed by atoms with van der Waals surface area (Å²) in [4.78, 5) is 11.4. The lowest BCUT2D eigenvalue weighted by atomic mass is 9.97. The Bertz CT molecular complexity index is 254. The zero-order valence-electron chi connectivity index (χ0n) is 10.4. The number of amides is 1. The van der Waals surface area contributed by atoms with E-state index in [2.05, 4.69) is 11.4 Å². The van der Waals surface area contributed by atoms with Gasteiger partial charge in [0.15, 0.2) is 0 Å². The maximum absolute atomic E-state index is 11.4. The van der Waals surface area contributed by atoms with Crippen molar-refractivity contribution >= 4 is 17.7 Å². The van der Waals surface area contributed by atoms with Crippen molar-refractivity contribution in [2.24, 2.45) is 0 Å². The average Bonchev–Trinajstić information content (AvgIpc) is 2.36. The Morgan fingerprint density at radius 2 is 2.35 bits per heavy atom. The van der Waals surface area contributed by atoms with Crippen LogP contribution >= 0.6 is 11.8 Å². The first-order valence-corrected chi connectivity index (χ1v) is 7.61. The molecule has 1 rings (SSSR count). The zero-order chi connectivity index (χ0) is 12.3. The van der Waals surface area contributed by atoms with Crippen LogP contribution < -0.4 is 5.32 Å². The number of carbonyl (C=O) groups excluding carboxylic acids is 1. The van der Waals surface area contributed by atoms with Crippen LogP contribution in [-0.4, -0.2) is 35.7 Å². The van der Waals surface area contributed by atoms with Crippen molar-refractivity contribution in [1.82, 2.24) is 5.32 Å². The van der Waals surface area contributed by atoms with Gasteiger partial charge in [0.25, 0.3) is 0 Å². The molecule has 0 radical (unpaired) electrons. The van der Waals surface area contributed by atoms with Gasteiger partial charge in [-0.25, -0.2) is 0 Å². The second kappa shape index (κ2) is 9.54. The molecular weight excluding hydrogens is 234 g/mol. The Balaban J connectivity index is 1.98. The zero-order valence-corrected chi connectivity index (χ0v) is 11.2. The molecular formula is C13H23NO2S. The predicted molar refractivity (Wildman–Crippen MR) is 73.2 cm³/mol. The summed E-state index contributed by atoms with van der Waals surface area (Å²) < 4.78 is 0. The van der Waals surface area contributed by atoms with Gasteiger partial charge in [-0.3, -0.25) is 4.79 Å². The van der Waals surface area contributed by atoms with Crippen molar-refractivity contribution in [3.05, 3.63) is 11.6 Å². The van der Waals surface area contributed by atoms with Crippen LogP contribution in [0.1, 0.15) is 38.5 Å². The van der Waals surface area contributed by atoms with Crippen LogP contribution in [-0.2, 0) is 4.79 Å². The molecule has 0 atom stereocenters. The van der Waals surface area contributed by atoms with Gasteiger partial charge in [0.05, 0.1) is 5.75 Å². The smallest absolute Gasteiger partial charge is 0.230 e. The van der Waals surface area contributed by atoms with Crippen LogP contribution in [0, 0.1) is 0 Å². The first-order valence-electron chi connectivity index (χ1n) is 6.46. The highest BCUT2D eigenvalue weighted by molar-refractivity contribution is 7.99. The molecule has 0 aliphatic heterocycles. The highest BCUT2D eigenvalue weighted by atomic mass is 32.2. The molecule has 0 aromatic heterocycles. The molecule has 2 N–H and O–H groups in total. The van der Waals surface area contributed by atoms with Crippen LogP contribution in [0.15, 0.2) is 11.6 Å². The van der Waals surface area contributed by atoms with Crippen LogP contribution in [0.25, 0.3) is 0 Å². The van der Waals surface area contributed by atoms with Crippen LogP contribution in [0.3, 0.4) is 0 Å². The van der Waals surface area contributed by atoms with Crippen molar-refractivity contribution in [1.29, 1.82) is 0 Å². The van der Waals surface area contributed by atoms with E-state index in [0.717, 1.165) is 25.1 Å². The van der Waals surface area contributed by atoms with Gasteiger partial charge in [-0.05, 0) is 44.3 Å². The van der Waals surface area contributed by atoms with Crippen molar-refractivity contribution in [2.45, 2.75) is 38.5 Å². The predicted octanol–water partition coefficient (Wildman–Crippen LogP) is 2.11. The van der Waals surface area contributed by atoms with Gasteiger partial charge >= 0.3 is 0 Å². The van der Waals surface area contributed by atoms with E-state index in [1.54, 1.807) is 11.8 Å². The molecule has 0 fully saturated rings. The summed E-state index contributed by atoms with van der Waals surface area (Å²) in [7, 11) is 0. The molecule has 0 spiro atoms. The van der Waals surface area contributed by atoms with Gasteiger partial charge < -0.3 is 10.4 Å². The monoisotopic (exact) mass is 257 g/mol. The molecule has 1 aliphatic rings.